The van der Waals surface area contributed by atoms with Crippen LogP contribution in [0.1, 0.15) is 0 Å². The summed E-state index contributed by atoms with van der Waals surface area (Å²) in [5.74, 6) is 0. The second kappa shape index (κ2) is 7.97. The lowest BCUT2D eigenvalue weighted by Crippen LogP contribution is -2.66. The molecule has 1 heterocycles. The summed E-state index contributed by atoms with van der Waals surface area (Å²) in [5.41, 5.74) is 5.90. The fourth-order valence-electron chi connectivity index (χ4n) is 2.71. The van der Waals surface area contributed by atoms with Gasteiger partial charge in [0.15, 0.2) is 31.2 Å². The molecule has 5 atom stereocenters. The summed E-state index contributed by atoms with van der Waals surface area (Å²) in [4.78, 5) is 0. The zero-order chi connectivity index (χ0) is 18.9. The molecule has 1 aliphatic heterocycles. The Hall–Kier alpha value is 0.411. The minimum Gasteiger partial charge on any atom is -0.409 e. The molecule has 144 valence electrons. The Morgan fingerprint density at radius 3 is 1.50 bits per heavy atom. The van der Waals surface area contributed by atoms with Gasteiger partial charge >= 0.3 is 0 Å². The number of hydrogen-bond donors (Lipinski definition) is 2. The molecule has 0 aromatic carbocycles. The largest absolute Gasteiger partial charge is 0.409 e. The average molecular weight is 396 g/mol. The van der Waals surface area contributed by atoms with E-state index in [1.807, 2.05) is 0 Å². The number of hydrogen-bond acceptors (Lipinski definition) is 6. The van der Waals surface area contributed by atoms with Crippen LogP contribution in [0.2, 0.25) is 58.9 Å². The molecular weight excluding hydrogens is 358 g/mol. The number of nitrogens with two attached hydrogens (primary N) is 1. The molecule has 0 aromatic rings. The third-order valence-corrected chi connectivity index (χ3v) is 6.25. The molecule has 1 saturated heterocycles. The van der Waals surface area contributed by atoms with Crippen LogP contribution in [0.4, 0.5) is 0 Å². The highest BCUT2D eigenvalue weighted by atomic mass is 28.4. The van der Waals surface area contributed by atoms with Crippen LogP contribution in [0, 0.1) is 0 Å². The van der Waals surface area contributed by atoms with Gasteiger partial charge in [0.05, 0.1) is 0 Å². The molecule has 0 aliphatic carbocycles. The predicted molar refractivity (Wildman–Crippen MR) is 105 cm³/mol. The third kappa shape index (κ3) is 7.34. The summed E-state index contributed by atoms with van der Waals surface area (Å²) in [6.07, 6.45) is -2.68. The fourth-order valence-corrected chi connectivity index (χ4v) is 5.97. The summed E-state index contributed by atoms with van der Waals surface area (Å²) in [6, 6.07) is 0. The van der Waals surface area contributed by atoms with Crippen molar-refractivity contribution in [3.63, 3.8) is 0 Å². The Labute approximate surface area is 150 Å². The molecule has 3 N–H and O–H groups in total. The van der Waals surface area contributed by atoms with Crippen molar-refractivity contribution in [2.75, 3.05) is 6.54 Å². The van der Waals surface area contributed by atoms with Gasteiger partial charge in [-0.2, -0.15) is 0 Å². The van der Waals surface area contributed by atoms with Gasteiger partial charge in [0.2, 0.25) is 0 Å². The van der Waals surface area contributed by atoms with Gasteiger partial charge in [-0.25, -0.2) is 0 Å². The minimum absolute atomic E-state index is 0.275. The first kappa shape index (κ1) is 22.5. The van der Waals surface area contributed by atoms with E-state index in [-0.39, 0.29) is 18.8 Å². The molecule has 0 radical (unpaired) electrons. The first-order chi connectivity index (χ1) is 10.6. The van der Waals surface area contributed by atoms with E-state index in [1.165, 1.54) is 0 Å². The Morgan fingerprint density at radius 1 is 0.750 bits per heavy atom. The Kier molecular flexibility index (Phi) is 7.46. The fraction of sp³-hybridized carbons (Fsp3) is 1.00. The van der Waals surface area contributed by atoms with Crippen molar-refractivity contribution in [3.8, 4) is 0 Å². The van der Waals surface area contributed by atoms with Crippen LogP contribution >= 0.6 is 0 Å². The number of ether oxygens (including phenoxy) is 1. The normalized spacial score (nSPS) is 32.9. The Morgan fingerprint density at radius 2 is 1.12 bits per heavy atom. The van der Waals surface area contributed by atoms with Crippen LogP contribution in [0.5, 0.6) is 0 Å². The molecule has 0 unspecified atom stereocenters. The SMILES string of the molecule is C[Si](C)(C)O[C@@H]1[C@@H](O[Si](C)(C)C)[C@@H](O)O[C@H](CN)[C@@H]1O[Si](C)(C)C. The van der Waals surface area contributed by atoms with Crippen molar-refractivity contribution >= 4 is 25.0 Å². The monoisotopic (exact) mass is 395 g/mol. The maximum absolute atomic E-state index is 10.5. The highest BCUT2D eigenvalue weighted by molar-refractivity contribution is 6.70. The highest BCUT2D eigenvalue weighted by Crippen LogP contribution is 2.32. The quantitative estimate of drug-likeness (QED) is 0.644. The van der Waals surface area contributed by atoms with Crippen LogP contribution in [-0.4, -0.2) is 67.3 Å². The van der Waals surface area contributed by atoms with Gasteiger partial charge < -0.3 is 28.9 Å². The predicted octanol–water partition coefficient (Wildman–Crippen LogP) is 2.32. The Balaban J connectivity index is 3.20. The van der Waals surface area contributed by atoms with Gasteiger partial charge in [-0.15, -0.1) is 0 Å². The first-order valence-electron chi connectivity index (χ1n) is 8.70. The maximum Gasteiger partial charge on any atom is 0.184 e. The minimum atomic E-state index is -1.90. The van der Waals surface area contributed by atoms with E-state index < -0.39 is 43.5 Å². The first-order valence-corrected chi connectivity index (χ1v) is 18.9. The average Bonchev–Trinajstić information content (AvgIpc) is 2.32. The van der Waals surface area contributed by atoms with E-state index in [2.05, 4.69) is 58.9 Å². The van der Waals surface area contributed by atoms with Gasteiger partial charge in [-0.3, -0.25) is 0 Å². The summed E-state index contributed by atoms with van der Waals surface area (Å²) in [7, 11) is -5.65. The topological polar surface area (TPSA) is 83.2 Å². The number of rotatable bonds is 7. The lowest BCUT2D eigenvalue weighted by atomic mass is 9.99. The number of aliphatic hydroxyl groups is 1. The molecule has 0 bridgehead atoms. The van der Waals surface area contributed by atoms with Crippen LogP contribution < -0.4 is 5.73 Å². The molecule has 0 amide bonds. The van der Waals surface area contributed by atoms with E-state index in [4.69, 9.17) is 23.7 Å². The maximum atomic E-state index is 10.5. The molecule has 6 nitrogen and oxygen atoms in total. The van der Waals surface area contributed by atoms with E-state index >= 15 is 0 Å². The molecular formula is C15H37NO5Si3. The van der Waals surface area contributed by atoms with E-state index in [1.54, 1.807) is 0 Å². The van der Waals surface area contributed by atoms with Crippen molar-refractivity contribution < 1.29 is 23.1 Å². The van der Waals surface area contributed by atoms with Gasteiger partial charge in [0.25, 0.3) is 0 Å². The standard InChI is InChI=1S/C15H37NO5Si3/c1-22(2,3)19-12-11(10-16)18-15(17)14(21-24(7,8)9)13(12)20-23(4,5)6/h11-15,17H,10,16H2,1-9H3/t11-,12+,13+,14-,15+/m1/s1. The van der Waals surface area contributed by atoms with Crippen LogP contribution in [0.3, 0.4) is 0 Å². The van der Waals surface area contributed by atoms with Gasteiger partial charge in [-0.1, -0.05) is 0 Å². The summed E-state index contributed by atoms with van der Waals surface area (Å²) >= 11 is 0. The summed E-state index contributed by atoms with van der Waals surface area (Å²) in [5, 5.41) is 10.5. The van der Waals surface area contributed by atoms with E-state index in [0.29, 0.717) is 0 Å². The smallest absolute Gasteiger partial charge is 0.184 e. The van der Waals surface area contributed by atoms with E-state index in [0.717, 1.165) is 0 Å². The van der Waals surface area contributed by atoms with Gasteiger partial charge in [0, 0.05) is 6.54 Å². The van der Waals surface area contributed by atoms with Crippen molar-refractivity contribution in [1.82, 2.24) is 0 Å². The lowest BCUT2D eigenvalue weighted by molar-refractivity contribution is -0.268. The van der Waals surface area contributed by atoms with Crippen LogP contribution in [0.15, 0.2) is 0 Å². The molecule has 24 heavy (non-hydrogen) atoms. The molecule has 1 fully saturated rings. The second-order valence-electron chi connectivity index (χ2n) is 9.39. The Bertz CT molecular complexity index is 405. The molecule has 0 saturated carbocycles. The van der Waals surface area contributed by atoms with Crippen molar-refractivity contribution in [2.24, 2.45) is 5.73 Å². The van der Waals surface area contributed by atoms with Gasteiger partial charge in [0.1, 0.15) is 24.4 Å². The van der Waals surface area contributed by atoms with Crippen LogP contribution in [-0.2, 0) is 18.0 Å². The molecule has 1 aliphatic rings. The van der Waals surface area contributed by atoms with Gasteiger partial charge in [-0.05, 0) is 58.9 Å². The third-order valence-electron chi connectivity index (χ3n) is 3.31. The summed E-state index contributed by atoms with van der Waals surface area (Å²) < 4.78 is 24.8. The lowest BCUT2D eigenvalue weighted by Gasteiger charge is -2.49. The summed E-state index contributed by atoms with van der Waals surface area (Å²) in [6.45, 7) is 19.3. The second-order valence-corrected chi connectivity index (χ2v) is 22.8. The molecule has 0 spiro atoms. The molecule has 0 aromatic heterocycles. The zero-order valence-corrected chi connectivity index (χ0v) is 19.8. The highest BCUT2D eigenvalue weighted by Gasteiger charge is 2.50. The van der Waals surface area contributed by atoms with Crippen molar-refractivity contribution in [1.29, 1.82) is 0 Å². The van der Waals surface area contributed by atoms with E-state index in [9.17, 15) is 5.11 Å². The molecule has 1 rings (SSSR count). The zero-order valence-electron chi connectivity index (χ0n) is 16.8. The molecule has 9 heteroatoms. The van der Waals surface area contributed by atoms with Crippen molar-refractivity contribution in [2.45, 2.75) is 89.6 Å². The van der Waals surface area contributed by atoms with Crippen molar-refractivity contribution in [3.05, 3.63) is 0 Å². The van der Waals surface area contributed by atoms with Crippen LogP contribution in [0.25, 0.3) is 0 Å². The number of aliphatic hydroxyl groups excluding tert-OH is 1.